The number of carbonyl (C=O) groups excluding carboxylic acids is 2. The van der Waals surface area contributed by atoms with E-state index in [1.165, 1.54) is 6.92 Å². The van der Waals surface area contributed by atoms with E-state index in [0.717, 1.165) is 58.4 Å². The molecule has 2 aromatic rings. The van der Waals surface area contributed by atoms with Crippen molar-refractivity contribution < 1.29 is 28.7 Å². The molecule has 0 unspecified atom stereocenters. The van der Waals surface area contributed by atoms with Gasteiger partial charge in [0.15, 0.2) is 0 Å². The van der Waals surface area contributed by atoms with Gasteiger partial charge in [0.05, 0.1) is 40.2 Å². The molecule has 1 saturated heterocycles. The highest BCUT2D eigenvalue weighted by Crippen LogP contribution is 2.41. The van der Waals surface area contributed by atoms with Crippen LogP contribution in [0.15, 0.2) is 42.5 Å². The van der Waals surface area contributed by atoms with E-state index in [1.54, 1.807) is 11.9 Å². The molecule has 234 valence electrons. The predicted molar refractivity (Wildman–Crippen MR) is 168 cm³/mol. The number of carbonyl (C=O) groups is 3. The zero-order valence-corrected chi connectivity index (χ0v) is 26.7. The Labute approximate surface area is 256 Å². The Morgan fingerprint density at radius 2 is 1.86 bits per heavy atom. The van der Waals surface area contributed by atoms with Crippen LogP contribution in [0.2, 0.25) is 0 Å². The number of rotatable bonds is 13. The molecule has 2 aliphatic heterocycles. The van der Waals surface area contributed by atoms with Crippen LogP contribution in [0.4, 0.5) is 5.69 Å². The van der Waals surface area contributed by atoms with Crippen molar-refractivity contribution in [3.8, 4) is 5.75 Å². The maximum atomic E-state index is 14.1. The van der Waals surface area contributed by atoms with Gasteiger partial charge in [0.25, 0.3) is 0 Å². The standard InChI is InChI=1S/C34H48N4O5/c1-7-8-16-37(28-11-9-10-25(19-28)23-38(4,5)6)32(40)22-36-21-29(26-12-13-31-27(20-26)15-18-43-31)33(34(41)42)30(36)14-17-35(3)24(2)39/h9-13,19-20,29-30,33H,7-8,14-18,21-23H2,1-6H3/p+1/t29-,30+,33-/m1/s1. The first-order chi connectivity index (χ1) is 20.4. The predicted octanol–water partition coefficient (Wildman–Crippen LogP) is 4.00. The summed E-state index contributed by atoms with van der Waals surface area (Å²) in [7, 11) is 8.17. The molecule has 0 aliphatic carbocycles. The molecule has 0 saturated carbocycles. The van der Waals surface area contributed by atoms with Gasteiger partial charge >= 0.3 is 5.97 Å². The van der Waals surface area contributed by atoms with E-state index < -0.39 is 17.9 Å². The summed E-state index contributed by atoms with van der Waals surface area (Å²) in [6.45, 7) is 6.70. The van der Waals surface area contributed by atoms with Crippen molar-refractivity contribution in [2.75, 3.05) is 65.9 Å². The maximum absolute atomic E-state index is 14.1. The average molecular weight is 594 g/mol. The Hall–Kier alpha value is -3.43. The van der Waals surface area contributed by atoms with Gasteiger partial charge in [-0.05, 0) is 42.2 Å². The van der Waals surface area contributed by atoms with Crippen molar-refractivity contribution in [1.29, 1.82) is 0 Å². The molecule has 0 radical (unpaired) electrons. The Morgan fingerprint density at radius 1 is 1.09 bits per heavy atom. The molecule has 2 heterocycles. The molecule has 2 aliphatic rings. The van der Waals surface area contributed by atoms with Crippen molar-refractivity contribution in [2.24, 2.45) is 5.92 Å². The van der Waals surface area contributed by atoms with Crippen LogP contribution < -0.4 is 9.64 Å². The van der Waals surface area contributed by atoms with Gasteiger partial charge in [-0.1, -0.05) is 37.6 Å². The highest BCUT2D eigenvalue weighted by atomic mass is 16.5. The number of ether oxygens (including phenoxy) is 1. The second-order valence-electron chi connectivity index (χ2n) is 13.2. The minimum Gasteiger partial charge on any atom is -0.493 e. The van der Waals surface area contributed by atoms with E-state index in [0.29, 0.717) is 32.7 Å². The normalized spacial score (nSPS) is 20.0. The lowest BCUT2D eigenvalue weighted by Crippen LogP contribution is -2.45. The second-order valence-corrected chi connectivity index (χ2v) is 13.2. The fourth-order valence-corrected chi connectivity index (χ4v) is 6.45. The first kappa shape index (κ1) is 32.5. The van der Waals surface area contributed by atoms with E-state index >= 15 is 0 Å². The van der Waals surface area contributed by atoms with Crippen LogP contribution >= 0.6 is 0 Å². The lowest BCUT2D eigenvalue weighted by Gasteiger charge is -2.31. The van der Waals surface area contributed by atoms with Crippen LogP contribution in [-0.2, 0) is 27.3 Å². The molecule has 0 spiro atoms. The van der Waals surface area contributed by atoms with Gasteiger partial charge in [-0.15, -0.1) is 0 Å². The summed E-state index contributed by atoms with van der Waals surface area (Å²) in [6, 6.07) is 13.8. The fraction of sp³-hybridized carbons (Fsp3) is 0.559. The number of anilines is 1. The van der Waals surface area contributed by atoms with Gasteiger partial charge in [0, 0.05) is 63.2 Å². The molecule has 2 aromatic carbocycles. The molecule has 4 rings (SSSR count). The lowest BCUT2D eigenvalue weighted by molar-refractivity contribution is -0.884. The minimum atomic E-state index is -0.872. The highest BCUT2D eigenvalue weighted by Gasteiger charge is 2.47. The summed E-state index contributed by atoms with van der Waals surface area (Å²) in [4.78, 5) is 44.5. The van der Waals surface area contributed by atoms with Crippen molar-refractivity contribution >= 4 is 23.5 Å². The first-order valence-corrected chi connectivity index (χ1v) is 15.5. The Bertz CT molecular complexity index is 1310. The zero-order valence-electron chi connectivity index (χ0n) is 26.7. The number of quaternary nitrogens is 1. The number of aliphatic carboxylic acids is 1. The minimum absolute atomic E-state index is 0.0343. The molecule has 9 heteroatoms. The SMILES string of the molecule is CCCCN(C(=O)CN1C[C@H](c2ccc3c(c2)CCO3)[C@@H](C(=O)O)[C@@H]1CCN(C)C(C)=O)c1cccc(C[N+](C)(C)C)c1. The number of hydrogen-bond donors (Lipinski definition) is 1. The van der Waals surface area contributed by atoms with Crippen molar-refractivity contribution in [3.05, 3.63) is 59.2 Å². The third kappa shape index (κ3) is 8.15. The van der Waals surface area contributed by atoms with E-state index in [4.69, 9.17) is 4.74 Å². The Morgan fingerprint density at radius 3 is 2.53 bits per heavy atom. The number of fused-ring (bicyclic) bond motifs is 1. The topological polar surface area (TPSA) is 90.4 Å². The van der Waals surface area contributed by atoms with Crippen LogP contribution in [0.5, 0.6) is 5.75 Å². The third-order valence-corrected chi connectivity index (χ3v) is 8.73. The Balaban J connectivity index is 1.64. The van der Waals surface area contributed by atoms with Crippen LogP contribution in [0, 0.1) is 5.92 Å². The molecule has 9 nitrogen and oxygen atoms in total. The summed E-state index contributed by atoms with van der Waals surface area (Å²) in [5.41, 5.74) is 4.11. The number of hydrogen-bond acceptors (Lipinski definition) is 5. The third-order valence-electron chi connectivity index (χ3n) is 8.73. The summed E-state index contributed by atoms with van der Waals surface area (Å²) >= 11 is 0. The van der Waals surface area contributed by atoms with Crippen LogP contribution in [-0.4, -0.2) is 104 Å². The van der Waals surface area contributed by atoms with Gasteiger partial charge in [0.1, 0.15) is 12.3 Å². The van der Waals surface area contributed by atoms with E-state index in [2.05, 4.69) is 51.2 Å². The summed E-state index contributed by atoms with van der Waals surface area (Å²) < 4.78 is 6.47. The van der Waals surface area contributed by atoms with Crippen molar-refractivity contribution in [3.63, 3.8) is 0 Å². The zero-order chi connectivity index (χ0) is 31.3. The van der Waals surface area contributed by atoms with Gasteiger partial charge in [0.2, 0.25) is 11.8 Å². The van der Waals surface area contributed by atoms with E-state index in [9.17, 15) is 19.5 Å². The largest absolute Gasteiger partial charge is 0.493 e. The van der Waals surface area contributed by atoms with Gasteiger partial charge in [-0.25, -0.2) is 0 Å². The second kappa shape index (κ2) is 13.9. The molecule has 0 aromatic heterocycles. The average Bonchev–Trinajstić information content (AvgIpc) is 3.55. The number of carboxylic acid groups (broad SMARTS) is 1. The van der Waals surface area contributed by atoms with E-state index in [1.807, 2.05) is 29.2 Å². The maximum Gasteiger partial charge on any atom is 0.308 e. The first-order valence-electron chi connectivity index (χ1n) is 15.5. The molecule has 2 amide bonds. The highest BCUT2D eigenvalue weighted by molar-refractivity contribution is 5.95. The van der Waals surface area contributed by atoms with Crippen LogP contribution in [0.3, 0.4) is 0 Å². The van der Waals surface area contributed by atoms with E-state index in [-0.39, 0.29) is 24.3 Å². The summed E-state index contributed by atoms with van der Waals surface area (Å²) in [6.07, 6.45) is 3.11. The number of nitrogens with zero attached hydrogens (tertiary/aromatic N) is 4. The van der Waals surface area contributed by atoms with Crippen LogP contribution in [0.25, 0.3) is 0 Å². The Kier molecular flexibility index (Phi) is 10.5. The number of unbranched alkanes of at least 4 members (excludes halogenated alkanes) is 1. The molecular weight excluding hydrogens is 544 g/mol. The smallest absolute Gasteiger partial charge is 0.308 e. The number of carboxylic acids is 1. The van der Waals surface area contributed by atoms with Gasteiger partial charge in [-0.2, -0.15) is 0 Å². The van der Waals surface area contributed by atoms with Crippen molar-refractivity contribution in [1.82, 2.24) is 9.80 Å². The lowest BCUT2D eigenvalue weighted by atomic mass is 9.83. The summed E-state index contributed by atoms with van der Waals surface area (Å²) in [5, 5.41) is 10.5. The molecule has 1 fully saturated rings. The molecule has 0 bridgehead atoms. The summed E-state index contributed by atoms with van der Waals surface area (Å²) in [5.74, 6) is -1.09. The molecule has 43 heavy (non-hydrogen) atoms. The van der Waals surface area contributed by atoms with Gasteiger partial charge in [-0.3, -0.25) is 19.3 Å². The number of benzene rings is 2. The van der Waals surface area contributed by atoms with Crippen molar-refractivity contribution in [2.45, 2.75) is 58.0 Å². The molecule has 3 atom stereocenters. The quantitative estimate of drug-likeness (QED) is 0.353. The molecule has 1 N–H and O–H groups in total. The fourth-order valence-electron chi connectivity index (χ4n) is 6.45. The van der Waals surface area contributed by atoms with Crippen LogP contribution in [0.1, 0.15) is 55.7 Å². The number of likely N-dealkylation sites (tertiary alicyclic amines) is 1. The number of amides is 2. The molecular formula is C34H49N4O5+. The monoisotopic (exact) mass is 593 g/mol. The van der Waals surface area contributed by atoms with Gasteiger partial charge < -0.3 is 24.1 Å².